The average molecular weight is 244 g/mol. The van der Waals surface area contributed by atoms with E-state index < -0.39 is 0 Å². The maximum absolute atomic E-state index is 13.4. The summed E-state index contributed by atoms with van der Waals surface area (Å²) in [4.78, 5) is 0. The average Bonchev–Trinajstić information content (AvgIpc) is 2.66. The molecule has 0 amide bonds. The zero-order valence-electron chi connectivity index (χ0n) is 7.35. The van der Waals surface area contributed by atoms with Crippen molar-refractivity contribution >= 4 is 15.9 Å². The van der Waals surface area contributed by atoms with Gasteiger partial charge in [-0.2, -0.15) is 0 Å². The molecule has 1 aromatic carbocycles. The molecule has 0 spiro atoms. The molecule has 2 unspecified atom stereocenters. The maximum Gasteiger partial charge on any atom is 0.127 e. The molecule has 0 bridgehead atoms. The molecule has 0 heterocycles. The van der Waals surface area contributed by atoms with Gasteiger partial charge in [0.25, 0.3) is 0 Å². The molecule has 0 aliphatic heterocycles. The summed E-state index contributed by atoms with van der Waals surface area (Å²) >= 11 is 3.33. The highest BCUT2D eigenvalue weighted by molar-refractivity contribution is 9.10. The summed E-state index contributed by atoms with van der Waals surface area (Å²) in [5.41, 5.74) is 6.36. The highest BCUT2D eigenvalue weighted by Gasteiger charge is 2.50. The molecule has 0 radical (unpaired) electrons. The minimum Gasteiger partial charge on any atom is -0.327 e. The van der Waals surface area contributed by atoms with Gasteiger partial charge in [0.15, 0.2) is 0 Å². The Hall–Kier alpha value is -0.410. The van der Waals surface area contributed by atoms with Crippen molar-refractivity contribution in [2.75, 3.05) is 0 Å². The van der Waals surface area contributed by atoms with Crippen molar-refractivity contribution in [3.05, 3.63) is 34.1 Å². The van der Waals surface area contributed by atoms with Crippen LogP contribution in [0.15, 0.2) is 22.7 Å². The molecule has 0 saturated heterocycles. The van der Waals surface area contributed by atoms with Gasteiger partial charge in [-0.05, 0) is 30.2 Å². The highest BCUT2D eigenvalue weighted by Crippen LogP contribution is 2.47. The number of rotatable bonds is 1. The van der Waals surface area contributed by atoms with Gasteiger partial charge in [0.1, 0.15) is 5.82 Å². The lowest BCUT2D eigenvalue weighted by Crippen LogP contribution is -2.16. The van der Waals surface area contributed by atoms with E-state index in [0.717, 1.165) is 16.5 Å². The lowest BCUT2D eigenvalue weighted by atomic mass is 9.97. The van der Waals surface area contributed by atoms with Gasteiger partial charge >= 0.3 is 0 Å². The number of nitrogens with two attached hydrogens (primary N) is 1. The van der Waals surface area contributed by atoms with Gasteiger partial charge < -0.3 is 5.73 Å². The molecular formula is C10H11BrFN. The predicted octanol–water partition coefficient (Wildman–Crippen LogP) is 2.58. The molecule has 1 nitrogen and oxygen atoms in total. The molecular weight excluding hydrogens is 233 g/mol. The van der Waals surface area contributed by atoms with E-state index in [1.165, 1.54) is 6.07 Å². The Morgan fingerprint density at radius 2 is 2.23 bits per heavy atom. The number of halogens is 2. The van der Waals surface area contributed by atoms with Gasteiger partial charge in [-0.1, -0.05) is 22.9 Å². The molecule has 13 heavy (non-hydrogen) atoms. The SMILES string of the molecule is CC1(c2cc(Br)ccc2F)CC1N. The molecule has 0 aromatic heterocycles. The normalized spacial score (nSPS) is 31.8. The van der Waals surface area contributed by atoms with Gasteiger partial charge in [0.2, 0.25) is 0 Å². The number of benzene rings is 1. The van der Waals surface area contributed by atoms with Crippen molar-refractivity contribution in [3.8, 4) is 0 Å². The lowest BCUT2D eigenvalue weighted by Gasteiger charge is -2.11. The monoisotopic (exact) mass is 243 g/mol. The molecule has 70 valence electrons. The summed E-state index contributed by atoms with van der Waals surface area (Å²) < 4.78 is 14.3. The first-order valence-electron chi connectivity index (χ1n) is 4.25. The standard InChI is InChI=1S/C10H11BrFN/c1-10(5-9(10)13)7-4-6(11)2-3-8(7)12/h2-4,9H,5,13H2,1H3. The Morgan fingerprint density at radius 3 is 2.77 bits per heavy atom. The van der Waals surface area contributed by atoms with Gasteiger partial charge in [0, 0.05) is 15.9 Å². The fourth-order valence-corrected chi connectivity index (χ4v) is 2.00. The van der Waals surface area contributed by atoms with Crippen molar-refractivity contribution in [2.24, 2.45) is 5.73 Å². The van der Waals surface area contributed by atoms with Crippen LogP contribution in [0.25, 0.3) is 0 Å². The van der Waals surface area contributed by atoms with E-state index in [4.69, 9.17) is 5.73 Å². The third-order valence-electron chi connectivity index (χ3n) is 2.85. The van der Waals surface area contributed by atoms with Crippen LogP contribution in [0.2, 0.25) is 0 Å². The summed E-state index contributed by atoms with van der Waals surface area (Å²) in [6.45, 7) is 2.00. The first-order chi connectivity index (χ1) is 6.04. The van der Waals surface area contributed by atoms with Gasteiger partial charge in [-0.15, -0.1) is 0 Å². The first-order valence-corrected chi connectivity index (χ1v) is 5.04. The quantitative estimate of drug-likeness (QED) is 0.807. The van der Waals surface area contributed by atoms with E-state index in [1.807, 2.05) is 13.0 Å². The Labute approximate surface area is 85.3 Å². The van der Waals surface area contributed by atoms with E-state index in [-0.39, 0.29) is 17.3 Å². The zero-order chi connectivity index (χ0) is 9.64. The van der Waals surface area contributed by atoms with Crippen LogP contribution in [0, 0.1) is 5.82 Å². The smallest absolute Gasteiger partial charge is 0.127 e. The summed E-state index contributed by atoms with van der Waals surface area (Å²) in [5.74, 6) is -0.154. The van der Waals surface area contributed by atoms with Crippen molar-refractivity contribution in [3.63, 3.8) is 0 Å². The fraction of sp³-hybridized carbons (Fsp3) is 0.400. The van der Waals surface area contributed by atoms with Crippen LogP contribution < -0.4 is 5.73 Å². The summed E-state index contributed by atoms with van der Waals surface area (Å²) in [6, 6.07) is 5.12. The van der Waals surface area contributed by atoms with E-state index in [9.17, 15) is 4.39 Å². The van der Waals surface area contributed by atoms with Crippen LogP contribution in [0.3, 0.4) is 0 Å². The van der Waals surface area contributed by atoms with E-state index in [2.05, 4.69) is 15.9 Å². The van der Waals surface area contributed by atoms with Crippen LogP contribution in [-0.2, 0) is 5.41 Å². The molecule has 1 aliphatic carbocycles. The fourth-order valence-electron chi connectivity index (χ4n) is 1.64. The third kappa shape index (κ3) is 1.40. The van der Waals surface area contributed by atoms with Crippen LogP contribution in [-0.4, -0.2) is 6.04 Å². The Balaban J connectivity index is 2.46. The van der Waals surface area contributed by atoms with Crippen LogP contribution >= 0.6 is 15.9 Å². The minimum absolute atomic E-state index is 0.108. The molecule has 1 saturated carbocycles. The predicted molar refractivity (Wildman–Crippen MR) is 54.0 cm³/mol. The van der Waals surface area contributed by atoms with Gasteiger partial charge in [0.05, 0.1) is 0 Å². The van der Waals surface area contributed by atoms with Gasteiger partial charge in [-0.25, -0.2) is 4.39 Å². The Bertz CT molecular complexity index is 353. The zero-order valence-corrected chi connectivity index (χ0v) is 8.94. The van der Waals surface area contributed by atoms with Crippen LogP contribution in [0.4, 0.5) is 4.39 Å². The molecule has 1 aliphatic rings. The molecule has 1 aromatic rings. The van der Waals surface area contributed by atoms with Crippen molar-refractivity contribution in [2.45, 2.75) is 24.8 Å². The van der Waals surface area contributed by atoms with Crippen molar-refractivity contribution in [1.82, 2.24) is 0 Å². The van der Waals surface area contributed by atoms with Gasteiger partial charge in [-0.3, -0.25) is 0 Å². The topological polar surface area (TPSA) is 26.0 Å². The lowest BCUT2D eigenvalue weighted by molar-refractivity contribution is 0.579. The maximum atomic E-state index is 13.4. The van der Waals surface area contributed by atoms with E-state index in [1.54, 1.807) is 6.07 Å². The van der Waals surface area contributed by atoms with Crippen molar-refractivity contribution in [1.29, 1.82) is 0 Å². The largest absolute Gasteiger partial charge is 0.327 e. The second-order valence-corrected chi connectivity index (χ2v) is 4.77. The second-order valence-electron chi connectivity index (χ2n) is 3.85. The molecule has 3 heteroatoms. The minimum atomic E-state index is -0.154. The summed E-state index contributed by atoms with van der Waals surface area (Å²) in [6.07, 6.45) is 0.875. The number of hydrogen-bond acceptors (Lipinski definition) is 1. The van der Waals surface area contributed by atoms with E-state index in [0.29, 0.717) is 0 Å². The molecule has 2 N–H and O–H groups in total. The second kappa shape index (κ2) is 2.79. The molecule has 2 rings (SSSR count). The van der Waals surface area contributed by atoms with Crippen LogP contribution in [0.1, 0.15) is 18.9 Å². The molecule has 1 fully saturated rings. The Morgan fingerprint density at radius 1 is 1.62 bits per heavy atom. The Kier molecular flexibility index (Phi) is 1.96. The summed E-state index contributed by atoms with van der Waals surface area (Å²) in [5, 5.41) is 0. The number of hydrogen-bond donors (Lipinski definition) is 1. The first kappa shape index (κ1) is 9.16. The third-order valence-corrected chi connectivity index (χ3v) is 3.34. The molecule has 2 atom stereocenters. The van der Waals surface area contributed by atoms with E-state index >= 15 is 0 Å². The highest BCUT2D eigenvalue weighted by atomic mass is 79.9. The van der Waals surface area contributed by atoms with Crippen molar-refractivity contribution < 1.29 is 4.39 Å². The van der Waals surface area contributed by atoms with Crippen LogP contribution in [0.5, 0.6) is 0 Å². The summed E-state index contributed by atoms with van der Waals surface area (Å²) in [7, 11) is 0.